The summed E-state index contributed by atoms with van der Waals surface area (Å²) >= 11 is 0. The maximum atomic E-state index is 11.0. The first-order valence-electron chi connectivity index (χ1n) is 4.60. The number of carboxylic acid groups (broad SMARTS) is 1. The number of hydrogen-bond acceptors (Lipinski definition) is 4. The quantitative estimate of drug-likeness (QED) is 0.491. The Bertz CT molecular complexity index is 281. The van der Waals surface area contributed by atoms with Crippen molar-refractivity contribution in [3.05, 3.63) is 10.1 Å². The second-order valence-corrected chi connectivity index (χ2v) is 3.66. The summed E-state index contributed by atoms with van der Waals surface area (Å²) < 4.78 is 0. The highest BCUT2D eigenvalue weighted by molar-refractivity contribution is 5.84. The van der Waals surface area contributed by atoms with Gasteiger partial charge in [-0.2, -0.15) is 0 Å². The molecule has 1 saturated carbocycles. The molecule has 1 fully saturated rings. The minimum absolute atomic E-state index is 0.188. The molecule has 3 N–H and O–H groups in total. The molecule has 1 amide bonds. The largest absolute Gasteiger partial charge is 0.481 e. The van der Waals surface area contributed by atoms with Crippen LogP contribution >= 0.6 is 0 Å². The van der Waals surface area contributed by atoms with Crippen LogP contribution in [0.4, 0.5) is 0 Å². The van der Waals surface area contributed by atoms with Crippen molar-refractivity contribution in [2.24, 2.45) is 17.6 Å². The molecule has 7 heteroatoms. The van der Waals surface area contributed by atoms with E-state index in [9.17, 15) is 19.7 Å². The second kappa shape index (κ2) is 4.24. The molecule has 0 radical (unpaired) electrons. The van der Waals surface area contributed by atoms with Gasteiger partial charge in [-0.05, 0) is 12.8 Å². The van der Waals surface area contributed by atoms with Crippen molar-refractivity contribution in [3.63, 3.8) is 0 Å². The van der Waals surface area contributed by atoms with E-state index in [1.165, 1.54) is 0 Å². The van der Waals surface area contributed by atoms with Gasteiger partial charge in [0.25, 0.3) is 0 Å². The minimum atomic E-state index is -1.32. The number of carbonyl (C=O) groups is 2. The summed E-state index contributed by atoms with van der Waals surface area (Å²) in [6.07, 6.45) is 0.966. The van der Waals surface area contributed by atoms with Crippen LogP contribution in [0.15, 0.2) is 0 Å². The van der Waals surface area contributed by atoms with Gasteiger partial charge >= 0.3 is 5.97 Å². The number of aliphatic carboxylic acids is 1. The molecule has 0 aliphatic heterocycles. The summed E-state index contributed by atoms with van der Waals surface area (Å²) in [6, 6.07) is -1.20. The first-order chi connectivity index (χ1) is 6.95. The van der Waals surface area contributed by atoms with Crippen molar-refractivity contribution < 1.29 is 19.6 Å². The Morgan fingerprint density at radius 3 is 2.40 bits per heavy atom. The number of primary amides is 1. The van der Waals surface area contributed by atoms with E-state index in [1.54, 1.807) is 0 Å². The van der Waals surface area contributed by atoms with Crippen LogP contribution in [-0.4, -0.2) is 27.9 Å². The third kappa shape index (κ3) is 2.23. The van der Waals surface area contributed by atoms with E-state index in [0.717, 1.165) is 0 Å². The number of carboxylic acids is 1. The summed E-state index contributed by atoms with van der Waals surface area (Å²) in [5.74, 6) is -4.30. The van der Waals surface area contributed by atoms with E-state index in [0.29, 0.717) is 12.8 Å². The van der Waals surface area contributed by atoms with Crippen molar-refractivity contribution in [2.45, 2.75) is 25.3 Å². The number of carbonyl (C=O) groups excluding carboxylic acids is 1. The standard InChI is InChI=1S/C8H12N2O5/c9-7(11)4-2-1-3-5(10(14)15)6(4)8(12)13/h4-6H,1-3H2,(H2,9,11)(H,12,13). The van der Waals surface area contributed by atoms with Crippen LogP contribution in [0, 0.1) is 22.0 Å². The third-order valence-corrected chi connectivity index (χ3v) is 2.78. The molecule has 7 nitrogen and oxygen atoms in total. The van der Waals surface area contributed by atoms with Crippen molar-refractivity contribution in [1.29, 1.82) is 0 Å². The van der Waals surface area contributed by atoms with Crippen molar-refractivity contribution in [2.75, 3.05) is 0 Å². The highest BCUT2D eigenvalue weighted by Crippen LogP contribution is 2.32. The SMILES string of the molecule is NC(=O)C1CCCC([N+](=O)[O-])C1C(=O)O. The van der Waals surface area contributed by atoms with E-state index in [-0.39, 0.29) is 6.42 Å². The van der Waals surface area contributed by atoms with Crippen molar-refractivity contribution in [3.8, 4) is 0 Å². The summed E-state index contributed by atoms with van der Waals surface area (Å²) in [5.41, 5.74) is 5.03. The Morgan fingerprint density at radius 1 is 1.40 bits per heavy atom. The lowest BCUT2D eigenvalue weighted by molar-refractivity contribution is -0.534. The molecular formula is C8H12N2O5. The highest BCUT2D eigenvalue weighted by atomic mass is 16.6. The average molecular weight is 216 g/mol. The van der Waals surface area contributed by atoms with Gasteiger partial charge in [-0.15, -0.1) is 0 Å². The van der Waals surface area contributed by atoms with Gasteiger partial charge in [0.05, 0.1) is 5.92 Å². The zero-order valence-electron chi connectivity index (χ0n) is 7.96. The molecule has 0 aromatic heterocycles. The molecule has 15 heavy (non-hydrogen) atoms. The fourth-order valence-corrected chi connectivity index (χ4v) is 2.07. The van der Waals surface area contributed by atoms with E-state index in [1.807, 2.05) is 0 Å². The topological polar surface area (TPSA) is 124 Å². The van der Waals surface area contributed by atoms with Crippen LogP contribution in [0.2, 0.25) is 0 Å². The van der Waals surface area contributed by atoms with E-state index in [4.69, 9.17) is 10.8 Å². The molecule has 0 aromatic rings. The summed E-state index contributed by atoms with van der Waals surface area (Å²) in [7, 11) is 0. The molecule has 0 spiro atoms. The Balaban J connectivity index is 2.95. The molecular weight excluding hydrogens is 204 g/mol. The summed E-state index contributed by atoms with van der Waals surface area (Å²) in [4.78, 5) is 31.8. The van der Waals surface area contributed by atoms with Gasteiger partial charge in [0.1, 0.15) is 5.92 Å². The maximum Gasteiger partial charge on any atom is 0.314 e. The molecule has 1 aliphatic carbocycles. The Labute approximate surface area is 85.4 Å². The van der Waals surface area contributed by atoms with Crippen LogP contribution in [0.5, 0.6) is 0 Å². The van der Waals surface area contributed by atoms with Gasteiger partial charge in [-0.1, -0.05) is 0 Å². The maximum absolute atomic E-state index is 11.0. The normalized spacial score (nSPS) is 30.8. The lowest BCUT2D eigenvalue weighted by Gasteiger charge is -2.28. The summed E-state index contributed by atoms with van der Waals surface area (Å²) in [6.45, 7) is 0. The number of rotatable bonds is 3. The predicted molar refractivity (Wildman–Crippen MR) is 48.4 cm³/mol. The number of nitrogens with zero attached hydrogens (tertiary/aromatic N) is 1. The molecule has 0 aromatic carbocycles. The lowest BCUT2D eigenvalue weighted by Crippen LogP contribution is -2.47. The number of hydrogen-bond donors (Lipinski definition) is 2. The van der Waals surface area contributed by atoms with Crippen molar-refractivity contribution >= 4 is 11.9 Å². The van der Waals surface area contributed by atoms with Gasteiger partial charge in [-0.3, -0.25) is 19.7 Å². The second-order valence-electron chi connectivity index (χ2n) is 3.66. The fourth-order valence-electron chi connectivity index (χ4n) is 2.07. The van der Waals surface area contributed by atoms with E-state index in [2.05, 4.69) is 0 Å². The number of nitro groups is 1. The van der Waals surface area contributed by atoms with Crippen LogP contribution in [-0.2, 0) is 9.59 Å². The predicted octanol–water partition coefficient (Wildman–Crippen LogP) is -0.382. The van der Waals surface area contributed by atoms with Gasteiger partial charge in [0.2, 0.25) is 11.9 Å². The number of amides is 1. The van der Waals surface area contributed by atoms with Gasteiger partial charge in [0, 0.05) is 11.3 Å². The first-order valence-corrected chi connectivity index (χ1v) is 4.60. The van der Waals surface area contributed by atoms with Gasteiger partial charge in [-0.25, -0.2) is 0 Å². The fraction of sp³-hybridized carbons (Fsp3) is 0.750. The Kier molecular flexibility index (Phi) is 3.23. The molecule has 0 bridgehead atoms. The zero-order chi connectivity index (χ0) is 11.6. The molecule has 3 unspecified atom stereocenters. The molecule has 0 saturated heterocycles. The Hall–Kier alpha value is -1.66. The number of nitrogens with two attached hydrogens (primary N) is 1. The average Bonchev–Trinajstić information content (AvgIpc) is 2.16. The van der Waals surface area contributed by atoms with Crippen LogP contribution < -0.4 is 5.73 Å². The smallest absolute Gasteiger partial charge is 0.314 e. The lowest BCUT2D eigenvalue weighted by atomic mass is 9.75. The Morgan fingerprint density at radius 2 is 2.00 bits per heavy atom. The van der Waals surface area contributed by atoms with Crippen LogP contribution in [0.1, 0.15) is 19.3 Å². The monoisotopic (exact) mass is 216 g/mol. The van der Waals surface area contributed by atoms with Gasteiger partial charge < -0.3 is 10.8 Å². The molecule has 0 heterocycles. The minimum Gasteiger partial charge on any atom is -0.481 e. The molecule has 1 aliphatic rings. The first kappa shape index (κ1) is 11.4. The highest BCUT2D eigenvalue weighted by Gasteiger charge is 2.47. The molecule has 84 valence electrons. The van der Waals surface area contributed by atoms with E-state index >= 15 is 0 Å². The third-order valence-electron chi connectivity index (χ3n) is 2.78. The van der Waals surface area contributed by atoms with Crippen molar-refractivity contribution in [1.82, 2.24) is 0 Å². The van der Waals surface area contributed by atoms with Crippen LogP contribution in [0.3, 0.4) is 0 Å². The molecule has 1 rings (SSSR count). The zero-order valence-corrected chi connectivity index (χ0v) is 7.96. The van der Waals surface area contributed by atoms with Crippen LogP contribution in [0.25, 0.3) is 0 Å². The van der Waals surface area contributed by atoms with Gasteiger partial charge in [0.15, 0.2) is 0 Å². The molecule has 3 atom stereocenters. The van der Waals surface area contributed by atoms with E-state index < -0.39 is 34.7 Å². The summed E-state index contributed by atoms with van der Waals surface area (Å²) in [5, 5.41) is 19.5.